The molecule has 1 unspecified atom stereocenters. The van der Waals surface area contributed by atoms with Crippen molar-refractivity contribution < 1.29 is 14.7 Å². The van der Waals surface area contributed by atoms with Crippen LogP contribution in [0, 0.1) is 17.3 Å². The first-order valence-electron chi connectivity index (χ1n) is 7.33. The van der Waals surface area contributed by atoms with Crippen molar-refractivity contribution in [1.29, 1.82) is 0 Å². The molecule has 0 heterocycles. The molecular formula is C15H27NO3. The van der Waals surface area contributed by atoms with Gasteiger partial charge in [-0.1, -0.05) is 39.0 Å². The molecule has 0 aromatic rings. The predicted octanol–water partition coefficient (Wildman–Crippen LogP) is 2.82. The van der Waals surface area contributed by atoms with Crippen molar-refractivity contribution in [2.75, 3.05) is 6.54 Å². The quantitative estimate of drug-likeness (QED) is 0.779. The number of carboxylic acid groups (broad SMARTS) is 1. The summed E-state index contributed by atoms with van der Waals surface area (Å²) in [5.41, 5.74) is -0.899. The van der Waals surface area contributed by atoms with Crippen molar-refractivity contribution in [2.24, 2.45) is 17.3 Å². The first kappa shape index (κ1) is 16.0. The van der Waals surface area contributed by atoms with Crippen molar-refractivity contribution in [3.05, 3.63) is 0 Å². The maximum Gasteiger partial charge on any atom is 0.310 e. The molecule has 1 aliphatic carbocycles. The SMILES string of the molecule is CC(CC(=O)NCC(C)(C)C(=O)O)C1CCCCC1. The Labute approximate surface area is 116 Å². The average molecular weight is 269 g/mol. The number of hydrogen-bond donors (Lipinski definition) is 2. The van der Waals surface area contributed by atoms with Gasteiger partial charge in [0.15, 0.2) is 0 Å². The molecule has 0 aromatic carbocycles. The van der Waals surface area contributed by atoms with Gasteiger partial charge in [-0.2, -0.15) is 0 Å². The third-order valence-corrected chi connectivity index (χ3v) is 4.27. The fourth-order valence-corrected chi connectivity index (χ4v) is 2.63. The number of carbonyl (C=O) groups is 2. The van der Waals surface area contributed by atoms with E-state index in [1.165, 1.54) is 32.1 Å². The fourth-order valence-electron chi connectivity index (χ4n) is 2.63. The van der Waals surface area contributed by atoms with E-state index in [0.29, 0.717) is 18.3 Å². The number of nitrogens with one attached hydrogen (secondary N) is 1. The van der Waals surface area contributed by atoms with Crippen LogP contribution < -0.4 is 5.32 Å². The summed E-state index contributed by atoms with van der Waals surface area (Å²) < 4.78 is 0. The molecule has 1 amide bonds. The van der Waals surface area contributed by atoms with E-state index in [2.05, 4.69) is 12.2 Å². The predicted molar refractivity (Wildman–Crippen MR) is 74.8 cm³/mol. The lowest BCUT2D eigenvalue weighted by Gasteiger charge is -2.27. The number of amides is 1. The van der Waals surface area contributed by atoms with Gasteiger partial charge in [-0.15, -0.1) is 0 Å². The van der Waals surface area contributed by atoms with Crippen LogP contribution in [-0.2, 0) is 9.59 Å². The fraction of sp³-hybridized carbons (Fsp3) is 0.867. The Bertz CT molecular complexity index is 319. The molecule has 110 valence electrons. The highest BCUT2D eigenvalue weighted by Crippen LogP contribution is 2.31. The van der Waals surface area contributed by atoms with E-state index in [4.69, 9.17) is 5.11 Å². The van der Waals surface area contributed by atoms with E-state index in [-0.39, 0.29) is 12.5 Å². The van der Waals surface area contributed by atoms with Gasteiger partial charge in [0, 0.05) is 13.0 Å². The number of rotatable bonds is 6. The molecule has 1 fully saturated rings. The van der Waals surface area contributed by atoms with Crippen LogP contribution in [0.4, 0.5) is 0 Å². The molecule has 19 heavy (non-hydrogen) atoms. The summed E-state index contributed by atoms with van der Waals surface area (Å²) in [5, 5.41) is 11.7. The minimum Gasteiger partial charge on any atom is -0.481 e. The highest BCUT2D eigenvalue weighted by Gasteiger charge is 2.28. The third-order valence-electron chi connectivity index (χ3n) is 4.27. The molecule has 0 saturated heterocycles. The van der Waals surface area contributed by atoms with E-state index in [0.717, 1.165) is 0 Å². The van der Waals surface area contributed by atoms with Crippen molar-refractivity contribution in [3.8, 4) is 0 Å². The van der Waals surface area contributed by atoms with Crippen LogP contribution in [0.25, 0.3) is 0 Å². The summed E-state index contributed by atoms with van der Waals surface area (Å²) in [6.45, 7) is 5.58. The van der Waals surface area contributed by atoms with Crippen molar-refractivity contribution in [2.45, 2.75) is 59.3 Å². The summed E-state index contributed by atoms with van der Waals surface area (Å²) in [6, 6.07) is 0. The number of hydrogen-bond acceptors (Lipinski definition) is 2. The van der Waals surface area contributed by atoms with Gasteiger partial charge in [0.2, 0.25) is 5.91 Å². The van der Waals surface area contributed by atoms with Gasteiger partial charge in [0.1, 0.15) is 0 Å². The second kappa shape index (κ2) is 6.92. The van der Waals surface area contributed by atoms with Gasteiger partial charge >= 0.3 is 5.97 Å². The van der Waals surface area contributed by atoms with E-state index >= 15 is 0 Å². The van der Waals surface area contributed by atoms with Crippen LogP contribution in [0.2, 0.25) is 0 Å². The van der Waals surface area contributed by atoms with Gasteiger partial charge in [-0.3, -0.25) is 9.59 Å². The zero-order valence-corrected chi connectivity index (χ0v) is 12.4. The highest BCUT2D eigenvalue weighted by molar-refractivity contribution is 5.78. The average Bonchev–Trinajstić information content (AvgIpc) is 2.37. The standard InChI is InChI=1S/C15H27NO3/c1-11(12-7-5-4-6-8-12)9-13(17)16-10-15(2,3)14(18)19/h11-12H,4-10H2,1-3H3,(H,16,17)(H,18,19). The Morgan fingerprint density at radius 2 is 1.84 bits per heavy atom. The van der Waals surface area contributed by atoms with Crippen LogP contribution in [0.15, 0.2) is 0 Å². The topological polar surface area (TPSA) is 66.4 Å². The zero-order chi connectivity index (χ0) is 14.5. The lowest BCUT2D eigenvalue weighted by atomic mass is 9.79. The number of carbonyl (C=O) groups excluding carboxylic acids is 1. The molecule has 1 saturated carbocycles. The monoisotopic (exact) mass is 269 g/mol. The van der Waals surface area contributed by atoms with Gasteiger partial charge in [0.25, 0.3) is 0 Å². The van der Waals surface area contributed by atoms with Crippen molar-refractivity contribution >= 4 is 11.9 Å². The van der Waals surface area contributed by atoms with E-state index in [1.807, 2.05) is 0 Å². The zero-order valence-electron chi connectivity index (χ0n) is 12.4. The lowest BCUT2D eigenvalue weighted by Crippen LogP contribution is -2.39. The maximum absolute atomic E-state index is 11.9. The Morgan fingerprint density at radius 3 is 2.37 bits per heavy atom. The Balaban J connectivity index is 2.32. The Hall–Kier alpha value is -1.06. The Morgan fingerprint density at radius 1 is 1.26 bits per heavy atom. The summed E-state index contributed by atoms with van der Waals surface area (Å²) in [7, 11) is 0. The summed E-state index contributed by atoms with van der Waals surface area (Å²) in [4.78, 5) is 22.8. The minimum absolute atomic E-state index is 0.0209. The highest BCUT2D eigenvalue weighted by atomic mass is 16.4. The summed E-state index contributed by atoms with van der Waals surface area (Å²) in [5.74, 6) is 0.153. The van der Waals surface area contributed by atoms with Crippen LogP contribution in [0.5, 0.6) is 0 Å². The van der Waals surface area contributed by atoms with E-state index < -0.39 is 11.4 Å². The van der Waals surface area contributed by atoms with Crippen LogP contribution in [-0.4, -0.2) is 23.5 Å². The second-order valence-electron chi connectivity index (χ2n) is 6.55. The third kappa shape index (κ3) is 5.21. The summed E-state index contributed by atoms with van der Waals surface area (Å²) >= 11 is 0. The van der Waals surface area contributed by atoms with Crippen LogP contribution >= 0.6 is 0 Å². The molecule has 4 heteroatoms. The van der Waals surface area contributed by atoms with E-state index in [9.17, 15) is 9.59 Å². The second-order valence-corrected chi connectivity index (χ2v) is 6.55. The minimum atomic E-state index is -0.899. The lowest BCUT2D eigenvalue weighted by molar-refractivity contribution is -0.146. The summed E-state index contributed by atoms with van der Waals surface area (Å²) in [6.07, 6.45) is 6.86. The smallest absolute Gasteiger partial charge is 0.310 e. The molecule has 0 aromatic heterocycles. The molecule has 2 N–H and O–H groups in total. The first-order valence-corrected chi connectivity index (χ1v) is 7.33. The van der Waals surface area contributed by atoms with Gasteiger partial charge in [0.05, 0.1) is 5.41 Å². The van der Waals surface area contributed by atoms with Crippen LogP contribution in [0.3, 0.4) is 0 Å². The van der Waals surface area contributed by atoms with Crippen LogP contribution in [0.1, 0.15) is 59.3 Å². The van der Waals surface area contributed by atoms with E-state index in [1.54, 1.807) is 13.8 Å². The molecule has 0 bridgehead atoms. The number of aliphatic carboxylic acids is 1. The Kier molecular flexibility index (Phi) is 5.83. The van der Waals surface area contributed by atoms with Gasteiger partial charge < -0.3 is 10.4 Å². The first-order chi connectivity index (χ1) is 8.83. The molecule has 0 aliphatic heterocycles. The normalized spacial score (nSPS) is 18.9. The molecule has 1 rings (SSSR count). The number of carboxylic acids is 1. The van der Waals surface area contributed by atoms with Gasteiger partial charge in [-0.25, -0.2) is 0 Å². The van der Waals surface area contributed by atoms with Crippen molar-refractivity contribution in [3.63, 3.8) is 0 Å². The molecule has 4 nitrogen and oxygen atoms in total. The molecule has 0 radical (unpaired) electrons. The molecule has 1 atom stereocenters. The molecule has 0 spiro atoms. The van der Waals surface area contributed by atoms with Crippen molar-refractivity contribution in [1.82, 2.24) is 5.32 Å². The largest absolute Gasteiger partial charge is 0.481 e. The molecule has 1 aliphatic rings. The van der Waals surface area contributed by atoms with Gasteiger partial charge in [-0.05, 0) is 25.7 Å². The molecular weight excluding hydrogens is 242 g/mol. The maximum atomic E-state index is 11.9.